The molecule has 1 aliphatic heterocycles. The first-order valence-corrected chi connectivity index (χ1v) is 8.88. The van der Waals surface area contributed by atoms with Gasteiger partial charge in [0, 0.05) is 18.8 Å². The SMILES string of the molecule is C[C@]12CCC(O)CC1CCC1C2C(=O)C[C@]2(C)N=C(N)CC12. The van der Waals surface area contributed by atoms with Crippen molar-refractivity contribution in [1.82, 2.24) is 0 Å². The van der Waals surface area contributed by atoms with Gasteiger partial charge in [0.2, 0.25) is 0 Å². The van der Waals surface area contributed by atoms with Crippen LogP contribution in [-0.2, 0) is 4.79 Å². The van der Waals surface area contributed by atoms with Crippen molar-refractivity contribution in [3.05, 3.63) is 0 Å². The van der Waals surface area contributed by atoms with Crippen LogP contribution in [0.2, 0.25) is 0 Å². The number of hydrogen-bond donors (Lipinski definition) is 2. The number of amidine groups is 1. The third-order valence-electron chi connectivity index (χ3n) is 7.52. The van der Waals surface area contributed by atoms with Crippen molar-refractivity contribution in [3.8, 4) is 0 Å². The summed E-state index contributed by atoms with van der Waals surface area (Å²) in [6, 6.07) is 0. The molecule has 3 saturated carbocycles. The van der Waals surface area contributed by atoms with Gasteiger partial charge in [0.1, 0.15) is 5.78 Å². The summed E-state index contributed by atoms with van der Waals surface area (Å²) in [5.41, 5.74) is 5.87. The minimum Gasteiger partial charge on any atom is -0.393 e. The molecule has 3 N–H and O–H groups in total. The molecule has 0 radical (unpaired) electrons. The summed E-state index contributed by atoms with van der Waals surface area (Å²) in [5, 5.41) is 10.0. The molecule has 5 unspecified atom stereocenters. The van der Waals surface area contributed by atoms with E-state index in [9.17, 15) is 9.90 Å². The molecule has 1 heterocycles. The predicted octanol–water partition coefficient (Wildman–Crippen LogP) is 2.29. The summed E-state index contributed by atoms with van der Waals surface area (Å²) in [7, 11) is 0. The first-order valence-electron chi connectivity index (χ1n) is 8.88. The number of aliphatic hydroxyl groups is 1. The molecule has 122 valence electrons. The van der Waals surface area contributed by atoms with Crippen LogP contribution in [0, 0.1) is 29.1 Å². The molecule has 0 saturated heterocycles. The number of nitrogens with two attached hydrogens (primary N) is 1. The quantitative estimate of drug-likeness (QED) is 0.721. The second-order valence-electron chi connectivity index (χ2n) is 8.76. The Morgan fingerprint density at radius 1 is 1.27 bits per heavy atom. The van der Waals surface area contributed by atoms with Gasteiger partial charge in [-0.1, -0.05) is 6.92 Å². The van der Waals surface area contributed by atoms with E-state index in [-0.39, 0.29) is 23.0 Å². The Kier molecular flexibility index (Phi) is 3.04. The van der Waals surface area contributed by atoms with Gasteiger partial charge in [0.15, 0.2) is 0 Å². The zero-order chi connectivity index (χ0) is 15.7. The molecular formula is C18H28N2O2. The molecule has 4 nitrogen and oxygen atoms in total. The molecule has 4 aliphatic rings. The number of carbonyl (C=O) groups is 1. The van der Waals surface area contributed by atoms with Crippen molar-refractivity contribution in [1.29, 1.82) is 0 Å². The van der Waals surface area contributed by atoms with Crippen molar-refractivity contribution >= 4 is 11.6 Å². The van der Waals surface area contributed by atoms with Crippen molar-refractivity contribution < 1.29 is 9.90 Å². The average Bonchev–Trinajstić information content (AvgIpc) is 2.73. The lowest BCUT2D eigenvalue weighted by Crippen LogP contribution is -2.58. The predicted molar refractivity (Wildman–Crippen MR) is 85.4 cm³/mol. The van der Waals surface area contributed by atoms with E-state index in [0.29, 0.717) is 30.0 Å². The Morgan fingerprint density at radius 2 is 2.05 bits per heavy atom. The fourth-order valence-corrected chi connectivity index (χ4v) is 6.49. The Morgan fingerprint density at radius 3 is 2.82 bits per heavy atom. The number of aliphatic hydroxyl groups excluding tert-OH is 1. The molecule has 0 aromatic carbocycles. The highest BCUT2D eigenvalue weighted by Crippen LogP contribution is 2.62. The highest BCUT2D eigenvalue weighted by molar-refractivity contribution is 5.89. The molecule has 0 aromatic heterocycles. The fraction of sp³-hybridized carbons (Fsp3) is 0.889. The van der Waals surface area contributed by atoms with Crippen LogP contribution in [0.4, 0.5) is 0 Å². The molecular weight excluding hydrogens is 276 g/mol. The van der Waals surface area contributed by atoms with Crippen LogP contribution < -0.4 is 5.73 Å². The summed E-state index contributed by atoms with van der Waals surface area (Å²) < 4.78 is 0. The van der Waals surface area contributed by atoms with E-state index >= 15 is 0 Å². The molecule has 22 heavy (non-hydrogen) atoms. The Balaban J connectivity index is 1.69. The number of rotatable bonds is 0. The molecule has 3 aliphatic carbocycles. The number of Topliss-reactive ketones (excluding diaryl/α,β-unsaturated/α-hetero) is 1. The van der Waals surface area contributed by atoms with Gasteiger partial charge in [-0.15, -0.1) is 0 Å². The summed E-state index contributed by atoms with van der Waals surface area (Å²) >= 11 is 0. The molecule has 0 bridgehead atoms. The largest absolute Gasteiger partial charge is 0.393 e. The molecule has 3 fully saturated rings. The van der Waals surface area contributed by atoms with Crippen LogP contribution in [0.5, 0.6) is 0 Å². The number of nitrogens with zero attached hydrogens (tertiary/aromatic N) is 1. The maximum atomic E-state index is 13.1. The molecule has 7 atom stereocenters. The summed E-state index contributed by atoms with van der Waals surface area (Å²) in [5.74, 6) is 2.70. The lowest BCUT2D eigenvalue weighted by atomic mass is 9.45. The third-order valence-corrected chi connectivity index (χ3v) is 7.52. The van der Waals surface area contributed by atoms with Gasteiger partial charge in [-0.25, -0.2) is 0 Å². The minimum atomic E-state index is -0.250. The van der Waals surface area contributed by atoms with Crippen LogP contribution in [0.15, 0.2) is 4.99 Å². The van der Waals surface area contributed by atoms with Gasteiger partial charge < -0.3 is 10.8 Å². The first kappa shape index (κ1) is 14.7. The number of ketones is 1. The molecule has 0 spiro atoms. The summed E-state index contributed by atoms with van der Waals surface area (Å²) in [6.07, 6.45) is 6.24. The van der Waals surface area contributed by atoms with E-state index in [1.165, 1.54) is 0 Å². The Hall–Kier alpha value is -0.900. The number of aliphatic imine (C=N–C) groups is 1. The van der Waals surface area contributed by atoms with Crippen molar-refractivity contribution in [2.75, 3.05) is 0 Å². The van der Waals surface area contributed by atoms with Crippen molar-refractivity contribution in [2.45, 2.75) is 70.4 Å². The second kappa shape index (κ2) is 4.56. The molecule has 4 rings (SSSR count). The van der Waals surface area contributed by atoms with Gasteiger partial charge in [0.25, 0.3) is 0 Å². The van der Waals surface area contributed by atoms with Crippen molar-refractivity contribution in [3.63, 3.8) is 0 Å². The van der Waals surface area contributed by atoms with E-state index in [1.54, 1.807) is 0 Å². The maximum absolute atomic E-state index is 13.1. The lowest BCUT2D eigenvalue weighted by Gasteiger charge is -2.58. The van der Waals surface area contributed by atoms with Gasteiger partial charge >= 0.3 is 0 Å². The molecule has 0 amide bonds. The number of fused-ring (bicyclic) bond motifs is 5. The third kappa shape index (κ3) is 1.85. The van der Waals surface area contributed by atoms with Crippen LogP contribution in [-0.4, -0.2) is 28.4 Å². The normalized spacial score (nSPS) is 54.2. The summed E-state index contributed by atoms with van der Waals surface area (Å²) in [6.45, 7) is 4.45. The number of hydrogen-bond acceptors (Lipinski definition) is 4. The van der Waals surface area contributed by atoms with Crippen LogP contribution in [0.1, 0.15) is 58.8 Å². The Bertz CT molecular complexity index is 545. The summed E-state index contributed by atoms with van der Waals surface area (Å²) in [4.78, 5) is 17.7. The van der Waals surface area contributed by atoms with Crippen LogP contribution >= 0.6 is 0 Å². The van der Waals surface area contributed by atoms with Gasteiger partial charge in [-0.3, -0.25) is 9.79 Å². The minimum absolute atomic E-state index is 0.0813. The van der Waals surface area contributed by atoms with Crippen LogP contribution in [0.25, 0.3) is 0 Å². The second-order valence-corrected chi connectivity index (χ2v) is 8.76. The van der Waals surface area contributed by atoms with E-state index < -0.39 is 0 Å². The highest BCUT2D eigenvalue weighted by Gasteiger charge is 2.61. The molecule has 4 heteroatoms. The standard InChI is InChI=1S/C18H28N2O2/c1-17-6-5-11(21)7-10(17)3-4-12-13-8-15(19)20-18(13,2)9-14(22)16(12)17/h10-13,16,21H,3-9H2,1-2H3,(H2,19,20)/t10?,11?,12?,13?,16?,17-,18-/m0/s1. The van der Waals surface area contributed by atoms with Gasteiger partial charge in [-0.2, -0.15) is 0 Å². The molecule has 0 aromatic rings. The monoisotopic (exact) mass is 304 g/mol. The maximum Gasteiger partial charge on any atom is 0.139 e. The fourth-order valence-electron chi connectivity index (χ4n) is 6.49. The van der Waals surface area contributed by atoms with E-state index in [2.05, 4.69) is 18.8 Å². The Labute approximate surface area is 132 Å². The zero-order valence-corrected chi connectivity index (χ0v) is 13.7. The highest BCUT2D eigenvalue weighted by atomic mass is 16.3. The van der Waals surface area contributed by atoms with Gasteiger partial charge in [0.05, 0.1) is 17.5 Å². The van der Waals surface area contributed by atoms with Crippen molar-refractivity contribution in [2.24, 2.45) is 39.8 Å². The van der Waals surface area contributed by atoms with Gasteiger partial charge in [-0.05, 0) is 62.2 Å². The van der Waals surface area contributed by atoms with E-state index in [4.69, 9.17) is 5.73 Å². The smallest absolute Gasteiger partial charge is 0.139 e. The number of carbonyl (C=O) groups excluding carboxylic acids is 1. The first-order chi connectivity index (χ1) is 10.3. The lowest BCUT2D eigenvalue weighted by molar-refractivity contribution is -0.154. The van der Waals surface area contributed by atoms with E-state index in [1.807, 2.05) is 0 Å². The zero-order valence-electron chi connectivity index (χ0n) is 13.7. The van der Waals surface area contributed by atoms with E-state index in [0.717, 1.165) is 44.4 Å². The van der Waals surface area contributed by atoms with Crippen LogP contribution in [0.3, 0.4) is 0 Å². The topological polar surface area (TPSA) is 75.7 Å². The average molecular weight is 304 g/mol.